The first kappa shape index (κ1) is 16.7. The molecule has 1 rings (SSSR count). The molecule has 0 bridgehead atoms. The highest BCUT2D eigenvalue weighted by molar-refractivity contribution is 5.85. The number of carbonyl (C=O) groups is 1. The van der Waals surface area contributed by atoms with Gasteiger partial charge >= 0.3 is 0 Å². The van der Waals surface area contributed by atoms with Gasteiger partial charge in [-0.1, -0.05) is 6.92 Å². The fraction of sp³-hybridized carbons (Fsp3) is 0.917. The van der Waals surface area contributed by atoms with Gasteiger partial charge in [0.1, 0.15) is 0 Å². The van der Waals surface area contributed by atoms with Crippen molar-refractivity contribution in [2.75, 3.05) is 27.2 Å². The molecule has 0 spiro atoms. The molecule has 5 heteroatoms. The first-order valence-corrected chi connectivity index (χ1v) is 6.14. The van der Waals surface area contributed by atoms with Gasteiger partial charge in [-0.2, -0.15) is 0 Å². The van der Waals surface area contributed by atoms with Gasteiger partial charge in [0.2, 0.25) is 5.91 Å². The Morgan fingerprint density at radius 2 is 1.82 bits per heavy atom. The summed E-state index contributed by atoms with van der Waals surface area (Å²) in [7, 11) is 4.04. The molecule has 2 N–H and O–H groups in total. The van der Waals surface area contributed by atoms with Gasteiger partial charge in [-0.3, -0.25) is 4.79 Å². The van der Waals surface area contributed by atoms with Gasteiger partial charge in [0.15, 0.2) is 0 Å². The molecule has 0 aromatic heterocycles. The molecule has 4 nitrogen and oxygen atoms in total. The van der Waals surface area contributed by atoms with E-state index in [1.165, 1.54) is 0 Å². The lowest BCUT2D eigenvalue weighted by atomic mass is 9.99. The van der Waals surface area contributed by atoms with Crippen molar-refractivity contribution in [1.82, 2.24) is 9.80 Å². The Morgan fingerprint density at radius 1 is 1.35 bits per heavy atom. The summed E-state index contributed by atoms with van der Waals surface area (Å²) in [5.74, 6) is 0.106. The summed E-state index contributed by atoms with van der Waals surface area (Å²) in [5, 5.41) is 0. The molecule has 0 radical (unpaired) electrons. The van der Waals surface area contributed by atoms with Gasteiger partial charge in [0.25, 0.3) is 0 Å². The number of hydrogen-bond donors (Lipinski definition) is 1. The molecule has 17 heavy (non-hydrogen) atoms. The maximum Gasteiger partial charge on any atom is 0.226 e. The van der Waals surface area contributed by atoms with E-state index in [0.29, 0.717) is 6.04 Å². The second-order valence-electron chi connectivity index (χ2n) is 5.13. The van der Waals surface area contributed by atoms with Gasteiger partial charge in [-0.15, -0.1) is 12.4 Å². The number of likely N-dealkylation sites (tertiary alicyclic amines) is 1. The fourth-order valence-corrected chi connectivity index (χ4v) is 2.11. The summed E-state index contributed by atoms with van der Waals surface area (Å²) in [5.41, 5.74) is 5.77. The van der Waals surface area contributed by atoms with Crippen LogP contribution >= 0.6 is 12.4 Å². The number of rotatable bonds is 3. The Hall–Kier alpha value is -0.320. The molecule has 2 atom stereocenters. The van der Waals surface area contributed by atoms with Crippen LogP contribution in [0.1, 0.15) is 26.7 Å². The summed E-state index contributed by atoms with van der Waals surface area (Å²) in [6, 6.07) is 0.325. The smallest absolute Gasteiger partial charge is 0.226 e. The van der Waals surface area contributed by atoms with E-state index in [1.807, 2.05) is 25.8 Å². The summed E-state index contributed by atoms with van der Waals surface area (Å²) < 4.78 is 0. The average molecular weight is 264 g/mol. The van der Waals surface area contributed by atoms with Crippen LogP contribution in [0.5, 0.6) is 0 Å². The van der Waals surface area contributed by atoms with Crippen molar-refractivity contribution in [2.24, 2.45) is 11.7 Å². The molecular weight excluding hydrogens is 238 g/mol. The zero-order valence-corrected chi connectivity index (χ0v) is 12.2. The molecule has 0 saturated carbocycles. The average Bonchev–Trinajstić information content (AvgIpc) is 2.27. The van der Waals surface area contributed by atoms with Crippen molar-refractivity contribution in [3.05, 3.63) is 0 Å². The van der Waals surface area contributed by atoms with Gasteiger partial charge in [0.05, 0.1) is 5.92 Å². The molecule has 1 amide bonds. The van der Waals surface area contributed by atoms with E-state index < -0.39 is 0 Å². The Bertz CT molecular complexity index is 240. The molecular formula is C12H26ClN3O. The van der Waals surface area contributed by atoms with Crippen molar-refractivity contribution in [3.63, 3.8) is 0 Å². The highest BCUT2D eigenvalue weighted by atomic mass is 35.5. The Balaban J connectivity index is 0.00000256. The van der Waals surface area contributed by atoms with E-state index in [2.05, 4.69) is 11.9 Å². The van der Waals surface area contributed by atoms with E-state index in [-0.39, 0.29) is 30.3 Å². The molecule has 0 aromatic rings. The predicted octanol–water partition coefficient (Wildman–Crippen LogP) is 0.944. The van der Waals surface area contributed by atoms with Gasteiger partial charge in [-0.05, 0) is 39.9 Å². The number of hydrogen-bond acceptors (Lipinski definition) is 3. The second kappa shape index (κ2) is 7.19. The fourth-order valence-electron chi connectivity index (χ4n) is 2.11. The van der Waals surface area contributed by atoms with Crippen molar-refractivity contribution in [1.29, 1.82) is 0 Å². The molecule has 1 aliphatic rings. The number of piperidine rings is 1. The highest BCUT2D eigenvalue weighted by Gasteiger charge is 2.28. The predicted molar refractivity (Wildman–Crippen MR) is 73.4 cm³/mol. The van der Waals surface area contributed by atoms with Crippen LogP contribution in [0, 0.1) is 5.92 Å². The highest BCUT2D eigenvalue weighted by Crippen LogP contribution is 2.17. The van der Waals surface area contributed by atoms with Crippen molar-refractivity contribution < 1.29 is 4.79 Å². The molecule has 2 unspecified atom stereocenters. The third kappa shape index (κ3) is 4.45. The maximum atomic E-state index is 12.1. The maximum absolute atomic E-state index is 12.1. The summed E-state index contributed by atoms with van der Waals surface area (Å²) in [6.07, 6.45) is 2.15. The number of amides is 1. The zero-order chi connectivity index (χ0) is 12.3. The van der Waals surface area contributed by atoms with Crippen LogP contribution in [0.15, 0.2) is 0 Å². The van der Waals surface area contributed by atoms with Crippen LogP contribution in [0.4, 0.5) is 0 Å². The number of halogens is 1. The van der Waals surface area contributed by atoms with Crippen molar-refractivity contribution in [2.45, 2.75) is 38.8 Å². The summed E-state index contributed by atoms with van der Waals surface area (Å²) in [4.78, 5) is 16.3. The third-order valence-electron chi connectivity index (χ3n) is 3.76. The van der Waals surface area contributed by atoms with Gasteiger partial charge in [-0.25, -0.2) is 0 Å². The first-order chi connectivity index (χ1) is 7.43. The Morgan fingerprint density at radius 3 is 2.24 bits per heavy atom. The van der Waals surface area contributed by atoms with Crippen LogP contribution < -0.4 is 5.73 Å². The zero-order valence-electron chi connectivity index (χ0n) is 11.3. The Labute approximate surface area is 111 Å². The van der Waals surface area contributed by atoms with E-state index in [9.17, 15) is 4.79 Å². The third-order valence-corrected chi connectivity index (χ3v) is 3.76. The van der Waals surface area contributed by atoms with E-state index in [4.69, 9.17) is 5.73 Å². The second-order valence-corrected chi connectivity index (χ2v) is 5.13. The monoisotopic (exact) mass is 263 g/mol. The van der Waals surface area contributed by atoms with E-state index >= 15 is 0 Å². The molecule has 1 aliphatic heterocycles. The van der Waals surface area contributed by atoms with Crippen LogP contribution in [0.3, 0.4) is 0 Å². The Kier molecular flexibility index (Phi) is 7.05. The summed E-state index contributed by atoms with van der Waals surface area (Å²) >= 11 is 0. The van der Waals surface area contributed by atoms with Crippen LogP contribution in [-0.2, 0) is 4.79 Å². The molecule has 102 valence electrons. The minimum atomic E-state index is -0.0790. The van der Waals surface area contributed by atoms with Crippen molar-refractivity contribution >= 4 is 18.3 Å². The van der Waals surface area contributed by atoms with Crippen LogP contribution in [-0.4, -0.2) is 55.0 Å². The van der Waals surface area contributed by atoms with Crippen LogP contribution in [0.2, 0.25) is 0 Å². The topological polar surface area (TPSA) is 49.6 Å². The minimum absolute atomic E-state index is 0. The lowest BCUT2D eigenvalue weighted by Gasteiger charge is -2.36. The SMILES string of the molecule is CC(N)C(C)C(=O)N(C)C1CCN(C)CC1.Cl. The largest absolute Gasteiger partial charge is 0.342 e. The first-order valence-electron chi connectivity index (χ1n) is 6.14. The van der Waals surface area contributed by atoms with Crippen LogP contribution in [0.25, 0.3) is 0 Å². The number of nitrogens with zero attached hydrogens (tertiary/aromatic N) is 2. The van der Waals surface area contributed by atoms with Gasteiger partial charge < -0.3 is 15.5 Å². The molecule has 1 saturated heterocycles. The molecule has 0 aromatic carbocycles. The van der Waals surface area contributed by atoms with E-state index in [1.54, 1.807) is 0 Å². The normalized spacial score (nSPS) is 21.5. The lowest BCUT2D eigenvalue weighted by molar-refractivity contribution is -0.137. The quantitative estimate of drug-likeness (QED) is 0.825. The molecule has 0 aliphatic carbocycles. The van der Waals surface area contributed by atoms with E-state index in [0.717, 1.165) is 25.9 Å². The number of nitrogens with two attached hydrogens (primary N) is 1. The van der Waals surface area contributed by atoms with Gasteiger partial charge in [0, 0.05) is 19.1 Å². The lowest BCUT2D eigenvalue weighted by Crippen LogP contribution is -2.48. The number of carbonyl (C=O) groups excluding carboxylic acids is 1. The van der Waals surface area contributed by atoms with Crippen molar-refractivity contribution in [3.8, 4) is 0 Å². The minimum Gasteiger partial charge on any atom is -0.342 e. The summed E-state index contributed by atoms with van der Waals surface area (Å²) in [6.45, 7) is 5.97. The molecule has 1 fully saturated rings. The standard InChI is InChI=1S/C12H25N3O.ClH/c1-9(10(2)13)12(16)15(4)11-5-7-14(3)8-6-11;/h9-11H,5-8,13H2,1-4H3;1H. The molecule has 1 heterocycles.